The van der Waals surface area contributed by atoms with Crippen LogP contribution in [-0.4, -0.2) is 5.88 Å². The number of nitrogen functional groups attached to an aromatic ring is 1. The van der Waals surface area contributed by atoms with Gasteiger partial charge in [-0.1, -0.05) is 42.5 Å². The van der Waals surface area contributed by atoms with Crippen LogP contribution < -0.4 is 5.73 Å². The molecule has 0 heterocycles. The number of anilines is 1. The van der Waals surface area contributed by atoms with Gasteiger partial charge >= 0.3 is 0 Å². The van der Waals surface area contributed by atoms with Crippen LogP contribution in [0.25, 0.3) is 16.8 Å². The molecule has 76 valence electrons. The highest BCUT2D eigenvalue weighted by molar-refractivity contribution is 6.19. The minimum atomic E-state index is 0.526. The van der Waals surface area contributed by atoms with Gasteiger partial charge in [0, 0.05) is 17.0 Å². The summed E-state index contributed by atoms with van der Waals surface area (Å²) < 4.78 is 0. The summed E-state index contributed by atoms with van der Waals surface area (Å²) in [5, 5.41) is 2.26. The molecule has 2 aromatic rings. The number of halogens is 1. The fourth-order valence-corrected chi connectivity index (χ4v) is 1.75. The number of allylic oxidation sites excluding steroid dienone is 1. The van der Waals surface area contributed by atoms with Crippen LogP contribution in [0.15, 0.2) is 42.5 Å². The first kappa shape index (κ1) is 10.1. The summed E-state index contributed by atoms with van der Waals surface area (Å²) in [4.78, 5) is 0. The van der Waals surface area contributed by atoms with Crippen LogP contribution in [-0.2, 0) is 0 Å². The number of benzene rings is 2. The van der Waals surface area contributed by atoms with E-state index in [0.29, 0.717) is 5.88 Å². The van der Waals surface area contributed by atoms with Crippen molar-refractivity contribution in [2.45, 2.75) is 0 Å². The first-order valence-electron chi connectivity index (χ1n) is 4.82. The summed E-state index contributed by atoms with van der Waals surface area (Å²) in [7, 11) is 0. The van der Waals surface area contributed by atoms with Crippen molar-refractivity contribution in [3.05, 3.63) is 48.0 Å². The van der Waals surface area contributed by atoms with E-state index in [9.17, 15) is 0 Å². The average molecular weight is 218 g/mol. The van der Waals surface area contributed by atoms with E-state index < -0.39 is 0 Å². The van der Waals surface area contributed by atoms with Crippen LogP contribution in [0.1, 0.15) is 5.56 Å². The number of alkyl halides is 1. The van der Waals surface area contributed by atoms with E-state index in [2.05, 4.69) is 6.07 Å². The predicted octanol–water partition coefficient (Wildman–Crippen LogP) is 3.67. The maximum Gasteiger partial charge on any atom is 0.0407 e. The van der Waals surface area contributed by atoms with Gasteiger partial charge in [0.25, 0.3) is 0 Å². The Hall–Kier alpha value is -1.47. The molecule has 1 nitrogen and oxygen atoms in total. The highest BCUT2D eigenvalue weighted by atomic mass is 35.5. The van der Waals surface area contributed by atoms with E-state index in [1.54, 1.807) is 0 Å². The first-order chi connectivity index (χ1) is 7.33. The predicted molar refractivity (Wildman–Crippen MR) is 68.1 cm³/mol. The number of nitrogens with two attached hydrogens (primary N) is 1. The summed E-state index contributed by atoms with van der Waals surface area (Å²) in [5.41, 5.74) is 7.87. The van der Waals surface area contributed by atoms with E-state index >= 15 is 0 Å². The van der Waals surface area contributed by atoms with Crippen LogP contribution in [0, 0.1) is 0 Å². The molecule has 2 heteroatoms. The highest BCUT2D eigenvalue weighted by Crippen LogP contribution is 2.25. The Kier molecular flexibility index (Phi) is 2.93. The van der Waals surface area contributed by atoms with Crippen molar-refractivity contribution in [2.24, 2.45) is 0 Å². The number of fused-ring (bicyclic) bond motifs is 1. The average Bonchev–Trinajstić information content (AvgIpc) is 2.29. The second-order valence-corrected chi connectivity index (χ2v) is 3.65. The molecule has 0 atom stereocenters. The van der Waals surface area contributed by atoms with Crippen molar-refractivity contribution in [1.82, 2.24) is 0 Å². The van der Waals surface area contributed by atoms with E-state index in [1.165, 1.54) is 5.39 Å². The van der Waals surface area contributed by atoms with Crippen molar-refractivity contribution in [3.63, 3.8) is 0 Å². The lowest BCUT2D eigenvalue weighted by Crippen LogP contribution is -1.88. The topological polar surface area (TPSA) is 26.0 Å². The fraction of sp³-hybridized carbons (Fsp3) is 0.0769. The van der Waals surface area contributed by atoms with Gasteiger partial charge in [-0.25, -0.2) is 0 Å². The SMILES string of the molecule is Nc1ccc(C=CCCl)c2ccccc12. The molecule has 0 amide bonds. The third kappa shape index (κ3) is 1.97. The van der Waals surface area contributed by atoms with Crippen LogP contribution in [0.3, 0.4) is 0 Å². The molecule has 15 heavy (non-hydrogen) atoms. The van der Waals surface area contributed by atoms with Crippen LogP contribution in [0.4, 0.5) is 5.69 Å². The van der Waals surface area contributed by atoms with Gasteiger partial charge in [-0.05, 0) is 17.0 Å². The molecule has 0 saturated heterocycles. The molecule has 0 spiro atoms. The fourth-order valence-electron chi connectivity index (χ4n) is 1.66. The van der Waals surface area contributed by atoms with E-state index in [1.807, 2.05) is 42.5 Å². The molecule has 0 aliphatic carbocycles. The molecule has 0 radical (unpaired) electrons. The molecule has 0 aliphatic rings. The van der Waals surface area contributed by atoms with Gasteiger partial charge in [0.15, 0.2) is 0 Å². The molecular formula is C13H12ClN. The summed E-state index contributed by atoms with van der Waals surface area (Å²) in [6, 6.07) is 12.0. The molecule has 0 aliphatic heterocycles. The van der Waals surface area contributed by atoms with Gasteiger partial charge in [0.2, 0.25) is 0 Å². The first-order valence-corrected chi connectivity index (χ1v) is 5.36. The van der Waals surface area contributed by atoms with E-state index in [0.717, 1.165) is 16.6 Å². The Bertz CT molecular complexity index is 503. The zero-order valence-electron chi connectivity index (χ0n) is 8.28. The van der Waals surface area contributed by atoms with Crippen molar-refractivity contribution < 1.29 is 0 Å². The Morgan fingerprint density at radius 3 is 2.53 bits per heavy atom. The Morgan fingerprint density at radius 2 is 1.80 bits per heavy atom. The molecule has 0 aromatic heterocycles. The standard InChI is InChI=1S/C13H12ClN/c14-9-3-4-10-7-8-13(15)12-6-2-1-5-11(10)12/h1-8H,9,15H2. The third-order valence-electron chi connectivity index (χ3n) is 2.38. The zero-order valence-corrected chi connectivity index (χ0v) is 9.04. The number of rotatable bonds is 2. The van der Waals surface area contributed by atoms with Crippen LogP contribution >= 0.6 is 11.6 Å². The second kappa shape index (κ2) is 4.37. The minimum Gasteiger partial charge on any atom is -0.398 e. The van der Waals surface area contributed by atoms with Gasteiger partial charge in [-0.3, -0.25) is 0 Å². The largest absolute Gasteiger partial charge is 0.398 e. The lowest BCUT2D eigenvalue weighted by molar-refractivity contribution is 1.68. The summed E-state index contributed by atoms with van der Waals surface area (Å²) >= 11 is 5.62. The number of hydrogen-bond donors (Lipinski definition) is 1. The molecule has 2 N–H and O–H groups in total. The summed E-state index contributed by atoms with van der Waals surface area (Å²) in [6.07, 6.45) is 3.95. The normalized spacial score (nSPS) is 11.3. The van der Waals surface area contributed by atoms with Crippen molar-refractivity contribution in [3.8, 4) is 0 Å². The van der Waals surface area contributed by atoms with Gasteiger partial charge in [-0.15, -0.1) is 11.6 Å². The van der Waals surface area contributed by atoms with E-state index in [4.69, 9.17) is 17.3 Å². The summed E-state index contributed by atoms with van der Waals surface area (Å²) in [6.45, 7) is 0. The van der Waals surface area contributed by atoms with Crippen LogP contribution in [0.2, 0.25) is 0 Å². The van der Waals surface area contributed by atoms with Gasteiger partial charge in [0.1, 0.15) is 0 Å². The van der Waals surface area contributed by atoms with Crippen molar-refractivity contribution >= 4 is 34.1 Å². The molecular weight excluding hydrogens is 206 g/mol. The van der Waals surface area contributed by atoms with Crippen LogP contribution in [0.5, 0.6) is 0 Å². The summed E-state index contributed by atoms with van der Waals surface area (Å²) in [5.74, 6) is 0.526. The molecule has 0 unspecified atom stereocenters. The molecule has 0 fully saturated rings. The lowest BCUT2D eigenvalue weighted by atomic mass is 10.0. The minimum absolute atomic E-state index is 0.526. The van der Waals surface area contributed by atoms with E-state index in [-0.39, 0.29) is 0 Å². The Morgan fingerprint density at radius 1 is 1.07 bits per heavy atom. The van der Waals surface area contributed by atoms with Crippen molar-refractivity contribution in [1.29, 1.82) is 0 Å². The third-order valence-corrected chi connectivity index (χ3v) is 2.56. The zero-order chi connectivity index (χ0) is 10.7. The highest BCUT2D eigenvalue weighted by Gasteiger charge is 2.00. The van der Waals surface area contributed by atoms with Gasteiger partial charge < -0.3 is 5.73 Å². The molecule has 0 saturated carbocycles. The van der Waals surface area contributed by atoms with Gasteiger partial charge in [0.05, 0.1) is 0 Å². The lowest BCUT2D eigenvalue weighted by Gasteiger charge is -2.04. The molecule has 2 rings (SSSR count). The Labute approximate surface area is 94.2 Å². The van der Waals surface area contributed by atoms with Gasteiger partial charge in [-0.2, -0.15) is 0 Å². The monoisotopic (exact) mass is 217 g/mol. The molecule has 0 bridgehead atoms. The van der Waals surface area contributed by atoms with Crippen molar-refractivity contribution in [2.75, 3.05) is 11.6 Å². The maximum absolute atomic E-state index is 5.90. The smallest absolute Gasteiger partial charge is 0.0407 e. The Balaban J connectivity index is 2.66. The maximum atomic E-state index is 5.90. The number of hydrogen-bond acceptors (Lipinski definition) is 1. The molecule has 2 aromatic carbocycles. The second-order valence-electron chi connectivity index (χ2n) is 3.35. The quantitative estimate of drug-likeness (QED) is 0.603.